The molecule has 0 saturated carbocycles. The Morgan fingerprint density at radius 2 is 1.36 bits per heavy atom. The second kappa shape index (κ2) is 16.7. The van der Waals surface area contributed by atoms with Crippen LogP contribution >= 0.6 is 23.3 Å². The van der Waals surface area contributed by atoms with E-state index >= 15 is 0 Å². The number of nitrogens with zero attached hydrogens (tertiary/aromatic N) is 12. The molecular formula is C17H32N12O2S2. The second-order valence-corrected chi connectivity index (χ2v) is 8.72. The molecule has 0 aliphatic rings. The first-order valence-corrected chi connectivity index (χ1v) is 11.3. The van der Waals surface area contributed by atoms with Crippen LogP contribution in [0.5, 0.6) is 0 Å². The zero-order chi connectivity index (χ0) is 23.9. The van der Waals surface area contributed by atoms with E-state index in [2.05, 4.69) is 82.9 Å². The van der Waals surface area contributed by atoms with Gasteiger partial charge in [0.05, 0.1) is 22.3 Å². The minimum atomic E-state index is 0. The Morgan fingerprint density at radius 3 is 1.61 bits per heavy atom. The fourth-order valence-electron chi connectivity index (χ4n) is 1.44. The van der Waals surface area contributed by atoms with Crippen LogP contribution in [0.4, 0.5) is 0 Å². The molecule has 0 aromatic carbocycles. The molecule has 16 heteroatoms. The Hall–Kier alpha value is -2.88. The quantitative estimate of drug-likeness (QED) is 0.393. The largest absolute Gasteiger partial charge is 0.320 e. The number of hydrogen-bond donors (Lipinski definition) is 0. The Balaban J connectivity index is 0.000000410. The molecule has 33 heavy (non-hydrogen) atoms. The molecule has 0 spiro atoms. The molecule has 0 unspecified atom stereocenters. The van der Waals surface area contributed by atoms with Crippen LogP contribution in [0.25, 0.3) is 0 Å². The molecule has 0 N–H and O–H groups in total. The summed E-state index contributed by atoms with van der Waals surface area (Å²) < 4.78 is 20.1. The Labute approximate surface area is 201 Å². The minimum absolute atomic E-state index is 0. The molecule has 0 aliphatic heterocycles. The summed E-state index contributed by atoms with van der Waals surface area (Å²) >= 11 is 2.52. The van der Waals surface area contributed by atoms with Gasteiger partial charge in [-0.1, -0.05) is 82.0 Å². The van der Waals surface area contributed by atoms with Gasteiger partial charge in [-0.25, -0.2) is 4.63 Å². The molecule has 0 aliphatic carbocycles. The van der Waals surface area contributed by atoms with Crippen LogP contribution in [0.2, 0.25) is 0 Å². The fourth-order valence-corrected chi connectivity index (χ4v) is 2.37. The maximum Gasteiger partial charge on any atom is 0.250 e. The third kappa shape index (κ3) is 12.7. The van der Waals surface area contributed by atoms with Gasteiger partial charge in [0.25, 0.3) is 5.89 Å². The summed E-state index contributed by atoms with van der Waals surface area (Å²) in [4.78, 5) is 0. The first kappa shape index (κ1) is 30.1. The predicted octanol–water partition coefficient (Wildman–Crippen LogP) is 3.93. The predicted molar refractivity (Wildman–Crippen MR) is 123 cm³/mol. The highest BCUT2D eigenvalue weighted by Crippen LogP contribution is 2.11. The average molecular weight is 501 g/mol. The Morgan fingerprint density at radius 1 is 0.667 bits per heavy atom. The van der Waals surface area contributed by atoms with Crippen LogP contribution in [0.1, 0.15) is 109 Å². The molecule has 0 atom stereocenters. The van der Waals surface area contributed by atoms with E-state index in [9.17, 15) is 0 Å². The van der Waals surface area contributed by atoms with E-state index in [1.54, 1.807) is 0 Å². The molecule has 0 radical (unpaired) electrons. The SMILES string of the molecule is C.CC(C)c1nnno1.CC(C)c1nnns1.CC(C)c1nnon1.CC(C)c1nnsn1. The highest BCUT2D eigenvalue weighted by molar-refractivity contribution is 7.05. The summed E-state index contributed by atoms with van der Waals surface area (Å²) in [6, 6.07) is 0. The van der Waals surface area contributed by atoms with Crippen molar-refractivity contribution >= 4 is 23.3 Å². The van der Waals surface area contributed by atoms with Crippen molar-refractivity contribution in [1.29, 1.82) is 0 Å². The molecule has 4 heterocycles. The van der Waals surface area contributed by atoms with Crippen LogP contribution in [-0.4, -0.2) is 59.9 Å². The van der Waals surface area contributed by atoms with E-state index in [1.807, 2.05) is 41.5 Å². The smallest absolute Gasteiger partial charge is 0.250 e. The van der Waals surface area contributed by atoms with Crippen molar-refractivity contribution in [2.45, 2.75) is 86.5 Å². The molecule has 0 saturated heterocycles. The number of rotatable bonds is 4. The van der Waals surface area contributed by atoms with E-state index in [1.165, 1.54) is 11.5 Å². The first-order valence-electron chi connectivity index (χ1n) is 9.82. The van der Waals surface area contributed by atoms with Gasteiger partial charge in [-0.3, -0.25) is 0 Å². The Kier molecular flexibility index (Phi) is 15.3. The first-order chi connectivity index (χ1) is 15.2. The van der Waals surface area contributed by atoms with Gasteiger partial charge >= 0.3 is 0 Å². The standard InChI is InChI=1S/2C4H7N3O.2C4H7N3S.CH4/c1-3(2)4-5-6-7-8-4;1-3(2)4-5-7-8-6-4;1-3(2)4-5-6-7-8-4;1-3(2)4-5-7-8-6-4;/h4*3H,1-2H3;1H4. The van der Waals surface area contributed by atoms with Crippen molar-refractivity contribution in [2.24, 2.45) is 0 Å². The molecule has 4 aromatic heterocycles. The third-order valence-electron chi connectivity index (χ3n) is 3.28. The van der Waals surface area contributed by atoms with Gasteiger partial charge in [-0.15, -0.1) is 10.2 Å². The van der Waals surface area contributed by atoms with Gasteiger partial charge < -0.3 is 4.52 Å². The lowest BCUT2D eigenvalue weighted by Gasteiger charge is -1.90. The summed E-state index contributed by atoms with van der Waals surface area (Å²) in [6.07, 6.45) is 0. The van der Waals surface area contributed by atoms with Crippen molar-refractivity contribution in [2.75, 3.05) is 0 Å². The van der Waals surface area contributed by atoms with E-state index in [0.29, 0.717) is 29.5 Å². The zero-order valence-electron chi connectivity index (χ0n) is 19.3. The van der Waals surface area contributed by atoms with Crippen LogP contribution in [-0.2, 0) is 0 Å². The van der Waals surface area contributed by atoms with E-state index in [0.717, 1.165) is 22.6 Å². The van der Waals surface area contributed by atoms with Gasteiger partial charge in [0.1, 0.15) is 5.01 Å². The fraction of sp³-hybridized carbons (Fsp3) is 0.765. The zero-order valence-corrected chi connectivity index (χ0v) is 20.9. The van der Waals surface area contributed by atoms with Crippen molar-refractivity contribution in [1.82, 2.24) is 59.9 Å². The van der Waals surface area contributed by atoms with Crippen molar-refractivity contribution in [3.05, 3.63) is 22.5 Å². The molecule has 0 amide bonds. The van der Waals surface area contributed by atoms with Crippen LogP contribution in [0, 0.1) is 0 Å². The second-order valence-electron chi connectivity index (χ2n) is 7.45. The van der Waals surface area contributed by atoms with Gasteiger partial charge in [0, 0.05) is 35.2 Å². The molecule has 14 nitrogen and oxygen atoms in total. The molecule has 0 bridgehead atoms. The number of aromatic nitrogens is 12. The Bertz CT molecular complexity index is 743. The number of hydrogen-bond acceptors (Lipinski definition) is 16. The topological polar surface area (TPSA) is 181 Å². The van der Waals surface area contributed by atoms with Crippen molar-refractivity contribution in [3.63, 3.8) is 0 Å². The van der Waals surface area contributed by atoms with Crippen LogP contribution in [0.3, 0.4) is 0 Å². The lowest BCUT2D eigenvalue weighted by atomic mass is 10.2. The summed E-state index contributed by atoms with van der Waals surface area (Å²) in [5.41, 5.74) is 0. The van der Waals surface area contributed by atoms with E-state index in [4.69, 9.17) is 0 Å². The van der Waals surface area contributed by atoms with E-state index in [-0.39, 0.29) is 13.3 Å². The minimum Gasteiger partial charge on any atom is -0.320 e. The van der Waals surface area contributed by atoms with Gasteiger partial charge in [0.15, 0.2) is 11.6 Å². The average Bonchev–Trinajstić information content (AvgIpc) is 3.56. The maximum atomic E-state index is 4.62. The third-order valence-corrected chi connectivity index (χ3v) is 4.60. The lowest BCUT2D eigenvalue weighted by Crippen LogP contribution is -1.88. The summed E-state index contributed by atoms with van der Waals surface area (Å²) in [5.74, 6) is 3.56. The normalized spacial score (nSPS) is 10.1. The van der Waals surface area contributed by atoms with Crippen molar-refractivity contribution < 1.29 is 9.15 Å². The lowest BCUT2D eigenvalue weighted by molar-refractivity contribution is 0.290. The van der Waals surface area contributed by atoms with Crippen LogP contribution in [0.15, 0.2) is 9.15 Å². The van der Waals surface area contributed by atoms with E-state index < -0.39 is 0 Å². The van der Waals surface area contributed by atoms with Gasteiger partial charge in [-0.05, 0) is 15.6 Å². The molecular weight excluding hydrogens is 468 g/mol. The van der Waals surface area contributed by atoms with Crippen LogP contribution < -0.4 is 0 Å². The van der Waals surface area contributed by atoms with Crippen molar-refractivity contribution in [3.8, 4) is 0 Å². The summed E-state index contributed by atoms with van der Waals surface area (Å²) in [5, 5.41) is 32.4. The maximum absolute atomic E-state index is 4.62. The summed E-state index contributed by atoms with van der Waals surface area (Å²) in [6.45, 7) is 16.1. The highest BCUT2D eigenvalue weighted by atomic mass is 32.1. The molecule has 4 aromatic rings. The molecule has 184 valence electrons. The molecule has 4 rings (SSSR count). The molecule has 0 fully saturated rings. The monoisotopic (exact) mass is 500 g/mol. The van der Waals surface area contributed by atoms with Gasteiger partial charge in [-0.2, -0.15) is 4.37 Å². The highest BCUT2D eigenvalue weighted by Gasteiger charge is 2.04. The summed E-state index contributed by atoms with van der Waals surface area (Å²) in [7, 11) is 0. The van der Waals surface area contributed by atoms with Gasteiger partial charge in [0.2, 0.25) is 0 Å².